The Labute approximate surface area is 152 Å². The maximum atomic E-state index is 13.1. The van der Waals surface area contributed by atoms with Crippen LogP contribution in [0.15, 0.2) is 36.5 Å². The molecule has 0 radical (unpaired) electrons. The fourth-order valence-electron chi connectivity index (χ4n) is 4.14. The highest BCUT2D eigenvalue weighted by molar-refractivity contribution is 6.04. The van der Waals surface area contributed by atoms with Gasteiger partial charge in [-0.3, -0.25) is 19.9 Å². The number of amides is 1. The molecular formula is C20H23N3O3. The molecule has 136 valence electrons. The summed E-state index contributed by atoms with van der Waals surface area (Å²) in [5.74, 6) is -1.11. The molecule has 26 heavy (non-hydrogen) atoms. The summed E-state index contributed by atoms with van der Waals surface area (Å²) in [6.45, 7) is 7.52. The van der Waals surface area contributed by atoms with E-state index < -0.39 is 22.6 Å². The lowest BCUT2D eigenvalue weighted by Crippen LogP contribution is -2.69. The molecule has 6 heteroatoms. The minimum Gasteiger partial charge on any atom is -0.456 e. The van der Waals surface area contributed by atoms with E-state index in [4.69, 9.17) is 4.74 Å². The van der Waals surface area contributed by atoms with Crippen molar-refractivity contribution < 1.29 is 14.3 Å². The zero-order valence-corrected chi connectivity index (χ0v) is 15.4. The zero-order chi connectivity index (χ0) is 18.7. The third kappa shape index (κ3) is 2.25. The van der Waals surface area contributed by atoms with Gasteiger partial charge in [0.2, 0.25) is 5.91 Å². The van der Waals surface area contributed by atoms with Gasteiger partial charge in [0.1, 0.15) is 11.1 Å². The minimum atomic E-state index is -1.04. The molecule has 2 bridgehead atoms. The molecule has 2 saturated heterocycles. The lowest BCUT2D eigenvalue weighted by Gasteiger charge is -2.47. The van der Waals surface area contributed by atoms with Crippen LogP contribution in [0, 0.1) is 5.92 Å². The molecule has 0 unspecified atom stereocenters. The molecule has 3 heterocycles. The molecular weight excluding hydrogens is 330 g/mol. The van der Waals surface area contributed by atoms with Gasteiger partial charge in [-0.05, 0) is 46.2 Å². The number of carbonyl (C=O) groups excluding carboxylic acids is 2. The topological polar surface area (TPSA) is 80.3 Å². The number of morpholine rings is 1. The van der Waals surface area contributed by atoms with Crippen molar-refractivity contribution in [3.8, 4) is 0 Å². The monoisotopic (exact) mass is 353 g/mol. The van der Waals surface area contributed by atoms with Crippen molar-refractivity contribution in [2.45, 2.75) is 50.8 Å². The van der Waals surface area contributed by atoms with E-state index in [2.05, 4.69) is 15.6 Å². The third-order valence-corrected chi connectivity index (χ3v) is 6.15. The van der Waals surface area contributed by atoms with Gasteiger partial charge in [0.15, 0.2) is 0 Å². The van der Waals surface area contributed by atoms with Crippen molar-refractivity contribution in [1.82, 2.24) is 10.3 Å². The number of hydrogen-bond acceptors (Lipinski definition) is 5. The van der Waals surface area contributed by atoms with Crippen LogP contribution in [0.2, 0.25) is 0 Å². The summed E-state index contributed by atoms with van der Waals surface area (Å²) in [6, 6.07) is 9.46. The third-order valence-electron chi connectivity index (χ3n) is 6.15. The Balaban J connectivity index is 1.68. The van der Waals surface area contributed by atoms with Gasteiger partial charge in [0.25, 0.3) is 0 Å². The Morgan fingerprint density at radius 3 is 2.73 bits per heavy atom. The van der Waals surface area contributed by atoms with E-state index in [1.165, 1.54) is 0 Å². The normalized spacial score (nSPS) is 32.3. The number of nitrogens with one attached hydrogen (secondary N) is 2. The molecule has 1 aromatic heterocycles. The first-order valence-electron chi connectivity index (χ1n) is 8.84. The van der Waals surface area contributed by atoms with Crippen LogP contribution in [0.4, 0.5) is 5.69 Å². The maximum Gasteiger partial charge on any atom is 0.327 e. The summed E-state index contributed by atoms with van der Waals surface area (Å²) in [4.78, 5) is 30.1. The van der Waals surface area contributed by atoms with Crippen molar-refractivity contribution in [2.24, 2.45) is 5.92 Å². The molecule has 2 aromatic rings. The maximum absolute atomic E-state index is 13.1. The Morgan fingerprint density at radius 1 is 1.23 bits per heavy atom. The Bertz CT molecular complexity index is 920. The second-order valence-electron chi connectivity index (χ2n) is 8.19. The lowest BCUT2D eigenvalue weighted by atomic mass is 9.80. The van der Waals surface area contributed by atoms with Crippen LogP contribution in [-0.2, 0) is 14.3 Å². The number of carbonyl (C=O) groups is 2. The minimum absolute atomic E-state index is 0.198. The van der Waals surface area contributed by atoms with E-state index in [-0.39, 0.29) is 11.9 Å². The molecule has 3 atom stereocenters. The first-order chi connectivity index (χ1) is 12.2. The smallest absolute Gasteiger partial charge is 0.327 e. The molecule has 0 saturated carbocycles. The molecule has 2 N–H and O–H groups in total. The number of hydrogen-bond donors (Lipinski definition) is 2. The van der Waals surface area contributed by atoms with Crippen LogP contribution < -0.4 is 10.6 Å². The predicted octanol–water partition coefficient (Wildman–Crippen LogP) is 2.64. The number of pyridine rings is 1. The van der Waals surface area contributed by atoms with Crippen molar-refractivity contribution >= 4 is 28.5 Å². The first-order valence-corrected chi connectivity index (χ1v) is 8.84. The molecule has 6 nitrogen and oxygen atoms in total. The molecule has 2 fully saturated rings. The average molecular weight is 353 g/mol. The van der Waals surface area contributed by atoms with E-state index in [9.17, 15) is 9.59 Å². The highest BCUT2D eigenvalue weighted by Gasteiger charge is 2.67. The fraction of sp³-hybridized carbons (Fsp3) is 0.450. The molecule has 2 aliphatic rings. The Hall–Kier alpha value is -2.47. The highest BCUT2D eigenvalue weighted by Crippen LogP contribution is 2.48. The van der Waals surface area contributed by atoms with E-state index >= 15 is 0 Å². The number of esters is 1. The van der Waals surface area contributed by atoms with Crippen LogP contribution in [0.3, 0.4) is 0 Å². The van der Waals surface area contributed by atoms with Crippen molar-refractivity contribution in [3.05, 3.63) is 36.5 Å². The van der Waals surface area contributed by atoms with E-state index in [1.807, 2.05) is 51.1 Å². The number of fused-ring (bicyclic) bond motifs is 3. The van der Waals surface area contributed by atoms with Gasteiger partial charge in [-0.1, -0.05) is 18.2 Å². The lowest BCUT2D eigenvalue weighted by molar-refractivity contribution is -0.181. The Kier molecular flexibility index (Phi) is 3.44. The van der Waals surface area contributed by atoms with E-state index in [0.29, 0.717) is 12.1 Å². The number of benzene rings is 1. The van der Waals surface area contributed by atoms with Gasteiger partial charge in [0.05, 0.1) is 22.7 Å². The molecule has 2 aliphatic heterocycles. The number of nitrogens with zero attached hydrogens (tertiary/aromatic N) is 1. The molecule has 0 spiro atoms. The average Bonchev–Trinajstić information content (AvgIpc) is 2.86. The second-order valence-corrected chi connectivity index (χ2v) is 8.19. The van der Waals surface area contributed by atoms with E-state index in [0.717, 1.165) is 10.9 Å². The summed E-state index contributed by atoms with van der Waals surface area (Å²) < 4.78 is 5.67. The number of aromatic nitrogens is 1. The molecule has 0 aliphatic carbocycles. The summed E-state index contributed by atoms with van der Waals surface area (Å²) in [5.41, 5.74) is -0.798. The van der Waals surface area contributed by atoms with Gasteiger partial charge in [0, 0.05) is 11.6 Å². The largest absolute Gasteiger partial charge is 0.456 e. The van der Waals surface area contributed by atoms with E-state index in [1.54, 1.807) is 13.1 Å². The van der Waals surface area contributed by atoms with Crippen LogP contribution in [0.25, 0.3) is 10.9 Å². The number of cyclic esters (lactones) is 1. The van der Waals surface area contributed by atoms with Gasteiger partial charge in [-0.15, -0.1) is 0 Å². The molecule has 4 rings (SSSR count). The standard InChI is InChI=1S/C20H23N3O3/c1-18(2)19(3)11-13(20(4,23-19)17(25)26-18)16(24)22-14-9-5-7-12-8-6-10-21-15(12)14/h5-10,13,23H,11H2,1-4H3,(H,22,24)/t13-,19-,20+/m1/s1. The molecule has 1 aromatic carbocycles. The summed E-state index contributed by atoms with van der Waals surface area (Å²) in [5, 5.41) is 7.32. The molecule has 1 amide bonds. The summed E-state index contributed by atoms with van der Waals surface area (Å²) in [6.07, 6.45) is 2.22. The van der Waals surface area contributed by atoms with Crippen LogP contribution >= 0.6 is 0 Å². The SMILES string of the molecule is CC1(C)OC(=O)[C@@]2(C)N[C@]1(C)C[C@@H]2C(=O)Nc1cccc2cccnc12. The summed E-state index contributed by atoms with van der Waals surface area (Å²) >= 11 is 0. The number of para-hydroxylation sites is 1. The summed E-state index contributed by atoms with van der Waals surface area (Å²) in [7, 11) is 0. The second kappa shape index (κ2) is 5.27. The van der Waals surface area contributed by atoms with Crippen molar-refractivity contribution in [1.29, 1.82) is 0 Å². The number of anilines is 1. The van der Waals surface area contributed by atoms with Gasteiger partial charge < -0.3 is 10.1 Å². The Morgan fingerprint density at radius 2 is 1.96 bits per heavy atom. The highest BCUT2D eigenvalue weighted by atomic mass is 16.6. The number of ether oxygens (including phenoxy) is 1. The van der Waals surface area contributed by atoms with Crippen molar-refractivity contribution in [2.75, 3.05) is 5.32 Å². The van der Waals surface area contributed by atoms with Gasteiger partial charge >= 0.3 is 5.97 Å². The van der Waals surface area contributed by atoms with Crippen LogP contribution in [0.5, 0.6) is 0 Å². The van der Waals surface area contributed by atoms with Crippen LogP contribution in [0.1, 0.15) is 34.1 Å². The zero-order valence-electron chi connectivity index (χ0n) is 15.4. The first kappa shape index (κ1) is 17.0. The van der Waals surface area contributed by atoms with Crippen LogP contribution in [-0.4, -0.2) is 33.5 Å². The van der Waals surface area contributed by atoms with Gasteiger partial charge in [-0.2, -0.15) is 0 Å². The number of rotatable bonds is 2. The van der Waals surface area contributed by atoms with Gasteiger partial charge in [-0.25, -0.2) is 0 Å². The fourth-order valence-corrected chi connectivity index (χ4v) is 4.14. The van der Waals surface area contributed by atoms with Crippen molar-refractivity contribution in [3.63, 3.8) is 0 Å². The predicted molar refractivity (Wildman–Crippen MR) is 98.6 cm³/mol. The quantitative estimate of drug-likeness (QED) is 0.812.